The van der Waals surface area contributed by atoms with E-state index in [0.717, 1.165) is 5.56 Å². The van der Waals surface area contributed by atoms with Crippen molar-refractivity contribution in [3.8, 4) is 0 Å². The fourth-order valence-electron chi connectivity index (χ4n) is 1.88. The molecule has 0 radical (unpaired) electrons. The number of nitrogens with zero attached hydrogens (tertiary/aromatic N) is 2. The smallest absolute Gasteiger partial charge is 0.271 e. The van der Waals surface area contributed by atoms with Gasteiger partial charge < -0.3 is 0 Å². The van der Waals surface area contributed by atoms with Gasteiger partial charge >= 0.3 is 0 Å². The first kappa shape index (κ1) is 14.3. The quantitative estimate of drug-likeness (QED) is 0.485. The Bertz CT molecular complexity index is 659. The van der Waals surface area contributed by atoms with E-state index in [1.807, 2.05) is 0 Å². The van der Waals surface area contributed by atoms with Crippen molar-refractivity contribution >= 4 is 27.4 Å². The van der Waals surface area contributed by atoms with E-state index >= 15 is 0 Å². The van der Waals surface area contributed by atoms with Gasteiger partial charge in [-0.1, -0.05) is 22.9 Å². The number of carbonyl (C=O) groups is 1. The van der Waals surface area contributed by atoms with E-state index in [1.165, 1.54) is 12.1 Å². The van der Waals surface area contributed by atoms with Gasteiger partial charge in [-0.25, -0.2) is 0 Å². The van der Waals surface area contributed by atoms with Crippen LogP contribution in [0, 0.1) is 10.1 Å². The summed E-state index contributed by atoms with van der Waals surface area (Å²) >= 11 is 3.19. The Labute approximate surface area is 123 Å². The van der Waals surface area contributed by atoms with Gasteiger partial charge in [0, 0.05) is 40.5 Å². The molecule has 0 amide bonds. The summed E-state index contributed by atoms with van der Waals surface area (Å²) in [4.78, 5) is 26.6. The van der Waals surface area contributed by atoms with Crippen LogP contribution in [0.3, 0.4) is 0 Å². The van der Waals surface area contributed by atoms with Crippen molar-refractivity contribution in [3.63, 3.8) is 0 Å². The Morgan fingerprint density at radius 1 is 1.30 bits per heavy atom. The molecule has 0 aliphatic rings. The standard InChI is InChI=1S/C14H11BrN2O3/c1-9(10-2-4-16-5-3-10)14(18)11-6-12(15)8-13(7-11)17(19)20/h2-9H,1H3. The molecule has 0 fully saturated rings. The Balaban J connectivity index is 2.36. The molecule has 0 aliphatic heterocycles. The zero-order valence-corrected chi connectivity index (χ0v) is 12.2. The third kappa shape index (κ3) is 3.08. The number of rotatable bonds is 4. The van der Waals surface area contributed by atoms with Crippen LogP contribution in [0.2, 0.25) is 0 Å². The maximum Gasteiger partial charge on any atom is 0.271 e. The normalized spacial score (nSPS) is 11.9. The topological polar surface area (TPSA) is 73.1 Å². The van der Waals surface area contributed by atoms with Crippen LogP contribution in [0.4, 0.5) is 5.69 Å². The highest BCUT2D eigenvalue weighted by Gasteiger charge is 2.20. The average Bonchev–Trinajstić information content (AvgIpc) is 2.46. The zero-order chi connectivity index (χ0) is 14.7. The summed E-state index contributed by atoms with van der Waals surface area (Å²) in [5.74, 6) is -0.549. The van der Waals surface area contributed by atoms with Gasteiger partial charge in [-0.15, -0.1) is 0 Å². The number of Topliss-reactive ketones (excluding diaryl/α,β-unsaturated/α-hetero) is 1. The number of ketones is 1. The molecular formula is C14H11BrN2O3. The number of nitro groups is 1. The van der Waals surface area contributed by atoms with Crippen molar-refractivity contribution in [2.24, 2.45) is 0 Å². The van der Waals surface area contributed by atoms with Crippen LogP contribution in [0.1, 0.15) is 28.8 Å². The molecule has 0 aliphatic carbocycles. The Hall–Kier alpha value is -2.08. The molecule has 0 bridgehead atoms. The van der Waals surface area contributed by atoms with Crippen molar-refractivity contribution in [1.29, 1.82) is 0 Å². The largest absolute Gasteiger partial charge is 0.294 e. The van der Waals surface area contributed by atoms with Crippen molar-refractivity contribution < 1.29 is 9.72 Å². The van der Waals surface area contributed by atoms with Gasteiger partial charge in [0.1, 0.15) is 0 Å². The van der Waals surface area contributed by atoms with E-state index < -0.39 is 4.92 Å². The Morgan fingerprint density at radius 2 is 1.95 bits per heavy atom. The lowest BCUT2D eigenvalue weighted by Crippen LogP contribution is -2.10. The lowest BCUT2D eigenvalue weighted by molar-refractivity contribution is -0.385. The minimum atomic E-state index is -0.515. The molecule has 0 spiro atoms. The van der Waals surface area contributed by atoms with Gasteiger partial charge in [0.05, 0.1) is 4.92 Å². The van der Waals surface area contributed by atoms with Crippen molar-refractivity contribution in [1.82, 2.24) is 4.98 Å². The number of hydrogen-bond donors (Lipinski definition) is 0. The van der Waals surface area contributed by atoms with Gasteiger partial charge in [-0.3, -0.25) is 19.9 Å². The number of nitro benzene ring substituents is 1. The molecule has 6 heteroatoms. The maximum atomic E-state index is 12.4. The van der Waals surface area contributed by atoms with E-state index in [2.05, 4.69) is 20.9 Å². The fourth-order valence-corrected chi connectivity index (χ4v) is 2.36. The first-order valence-corrected chi connectivity index (χ1v) is 6.67. The highest BCUT2D eigenvalue weighted by atomic mass is 79.9. The van der Waals surface area contributed by atoms with Crippen molar-refractivity contribution in [2.75, 3.05) is 0 Å². The first-order chi connectivity index (χ1) is 9.49. The minimum Gasteiger partial charge on any atom is -0.294 e. The number of benzene rings is 1. The van der Waals surface area contributed by atoms with E-state index in [4.69, 9.17) is 0 Å². The summed E-state index contributed by atoms with van der Waals surface area (Å²) in [5.41, 5.74) is 1.03. The maximum absolute atomic E-state index is 12.4. The summed E-state index contributed by atoms with van der Waals surface area (Å²) in [6, 6.07) is 7.77. The SMILES string of the molecule is CC(C(=O)c1cc(Br)cc([N+](=O)[O-])c1)c1ccncc1. The molecule has 1 atom stereocenters. The molecule has 2 aromatic rings. The molecule has 1 aromatic heterocycles. The second kappa shape index (κ2) is 5.92. The van der Waals surface area contributed by atoms with Crippen molar-refractivity contribution in [3.05, 3.63) is 68.4 Å². The summed E-state index contributed by atoms with van der Waals surface area (Å²) < 4.78 is 0.511. The number of pyridine rings is 1. The molecule has 0 saturated heterocycles. The summed E-state index contributed by atoms with van der Waals surface area (Å²) in [7, 11) is 0. The molecule has 2 rings (SSSR count). The number of halogens is 1. The molecule has 1 aromatic carbocycles. The van der Waals surface area contributed by atoms with Gasteiger partial charge in [0.15, 0.2) is 5.78 Å². The predicted octanol–water partition coefficient (Wildman–Crippen LogP) is 3.74. The van der Waals surface area contributed by atoms with E-state index in [1.54, 1.807) is 37.5 Å². The summed E-state index contributed by atoms with van der Waals surface area (Å²) in [5, 5.41) is 10.8. The van der Waals surface area contributed by atoms with E-state index in [-0.39, 0.29) is 17.4 Å². The molecule has 1 unspecified atom stereocenters. The van der Waals surface area contributed by atoms with E-state index in [0.29, 0.717) is 10.0 Å². The Kier molecular flexibility index (Phi) is 4.24. The van der Waals surface area contributed by atoms with Gasteiger partial charge in [-0.05, 0) is 23.8 Å². The highest BCUT2D eigenvalue weighted by Crippen LogP contribution is 2.26. The summed E-state index contributed by atoms with van der Waals surface area (Å²) in [6.07, 6.45) is 3.23. The molecule has 0 N–H and O–H groups in total. The molecule has 1 heterocycles. The monoisotopic (exact) mass is 334 g/mol. The van der Waals surface area contributed by atoms with Crippen LogP contribution in [-0.2, 0) is 0 Å². The van der Waals surface area contributed by atoms with Gasteiger partial charge in [0.2, 0.25) is 0 Å². The highest BCUT2D eigenvalue weighted by molar-refractivity contribution is 9.10. The van der Waals surface area contributed by atoms with Gasteiger partial charge in [-0.2, -0.15) is 0 Å². The van der Waals surface area contributed by atoms with E-state index in [9.17, 15) is 14.9 Å². The number of non-ortho nitro benzene ring substituents is 1. The summed E-state index contributed by atoms with van der Waals surface area (Å²) in [6.45, 7) is 1.77. The second-order valence-electron chi connectivity index (χ2n) is 4.32. The second-order valence-corrected chi connectivity index (χ2v) is 5.24. The molecule has 0 saturated carbocycles. The lowest BCUT2D eigenvalue weighted by Gasteiger charge is -2.10. The molecule has 102 valence electrons. The third-order valence-electron chi connectivity index (χ3n) is 2.98. The zero-order valence-electron chi connectivity index (χ0n) is 10.6. The van der Waals surface area contributed by atoms with Crippen molar-refractivity contribution in [2.45, 2.75) is 12.8 Å². The van der Waals surface area contributed by atoms with Crippen LogP contribution >= 0.6 is 15.9 Å². The van der Waals surface area contributed by atoms with Crippen LogP contribution < -0.4 is 0 Å². The average molecular weight is 335 g/mol. The molecular weight excluding hydrogens is 324 g/mol. The molecule has 5 nitrogen and oxygen atoms in total. The number of hydrogen-bond acceptors (Lipinski definition) is 4. The van der Waals surface area contributed by atoms with Gasteiger partial charge in [0.25, 0.3) is 5.69 Å². The fraction of sp³-hybridized carbons (Fsp3) is 0.143. The van der Waals surface area contributed by atoms with Crippen LogP contribution in [-0.4, -0.2) is 15.7 Å². The lowest BCUT2D eigenvalue weighted by atomic mass is 9.93. The van der Waals surface area contributed by atoms with Crippen LogP contribution in [0.25, 0.3) is 0 Å². The Morgan fingerprint density at radius 3 is 2.55 bits per heavy atom. The number of aromatic nitrogens is 1. The minimum absolute atomic E-state index is 0.107. The predicted molar refractivity (Wildman–Crippen MR) is 77.8 cm³/mol. The van der Waals surface area contributed by atoms with Crippen LogP contribution in [0.15, 0.2) is 47.2 Å². The molecule has 20 heavy (non-hydrogen) atoms. The first-order valence-electron chi connectivity index (χ1n) is 5.88. The number of carbonyl (C=O) groups excluding carboxylic acids is 1. The van der Waals surface area contributed by atoms with Crippen LogP contribution in [0.5, 0.6) is 0 Å². The third-order valence-corrected chi connectivity index (χ3v) is 3.44.